The molecule has 0 aromatic heterocycles. The summed E-state index contributed by atoms with van der Waals surface area (Å²) in [6, 6.07) is 1.71. The number of ether oxygens (including phenoxy) is 5. The first kappa shape index (κ1) is 32.0. The lowest BCUT2D eigenvalue weighted by Gasteiger charge is -2.35. The highest BCUT2D eigenvalue weighted by molar-refractivity contribution is 5.91. The summed E-state index contributed by atoms with van der Waals surface area (Å²) >= 11 is 0. The Kier molecular flexibility index (Phi) is 9.46. The van der Waals surface area contributed by atoms with Gasteiger partial charge in [-0.15, -0.1) is 0 Å². The molecular weight excluding hydrogens is 558 g/mol. The van der Waals surface area contributed by atoms with E-state index >= 15 is 0 Å². The fourth-order valence-corrected chi connectivity index (χ4v) is 5.47. The summed E-state index contributed by atoms with van der Waals surface area (Å²) in [7, 11) is 2.80. The predicted molar refractivity (Wildman–Crippen MR) is 155 cm³/mol. The van der Waals surface area contributed by atoms with Crippen molar-refractivity contribution in [2.45, 2.75) is 78.7 Å². The van der Waals surface area contributed by atoms with Crippen molar-refractivity contribution in [3.8, 4) is 11.5 Å². The lowest BCUT2D eigenvalue weighted by Crippen LogP contribution is -2.57. The van der Waals surface area contributed by atoms with Gasteiger partial charge in [-0.1, -0.05) is 52.8 Å². The number of carbonyl (C=O) groups excluding carboxylic acids is 4. The molecule has 43 heavy (non-hydrogen) atoms. The van der Waals surface area contributed by atoms with Gasteiger partial charge in [0.05, 0.1) is 33.9 Å². The Morgan fingerprint density at radius 1 is 1.07 bits per heavy atom. The van der Waals surface area contributed by atoms with E-state index in [-0.39, 0.29) is 32.7 Å². The summed E-state index contributed by atoms with van der Waals surface area (Å²) in [5, 5.41) is 2.71. The molecule has 12 nitrogen and oxygen atoms in total. The number of cyclic esters (lactones) is 1. The van der Waals surface area contributed by atoms with Crippen LogP contribution in [0.15, 0.2) is 24.3 Å². The van der Waals surface area contributed by atoms with Gasteiger partial charge in [0.15, 0.2) is 11.5 Å². The summed E-state index contributed by atoms with van der Waals surface area (Å²) in [5.74, 6) is -0.00991. The molecule has 0 spiro atoms. The van der Waals surface area contributed by atoms with Crippen LogP contribution in [0.25, 0.3) is 0 Å². The zero-order chi connectivity index (χ0) is 31.5. The maximum absolute atomic E-state index is 13.9. The highest BCUT2D eigenvalue weighted by atomic mass is 16.6. The Morgan fingerprint density at radius 2 is 1.81 bits per heavy atom. The number of nitrogens with one attached hydrogen (secondary N) is 1. The van der Waals surface area contributed by atoms with Crippen LogP contribution < -0.4 is 14.8 Å². The molecule has 3 aliphatic heterocycles. The van der Waals surface area contributed by atoms with Crippen LogP contribution in [0.5, 0.6) is 11.5 Å². The zero-order valence-electron chi connectivity index (χ0n) is 26.1. The zero-order valence-corrected chi connectivity index (χ0v) is 26.1. The number of allylic oxidation sites excluding steroid dienone is 1. The van der Waals surface area contributed by atoms with E-state index in [1.54, 1.807) is 12.0 Å². The minimum absolute atomic E-state index is 0.0324. The van der Waals surface area contributed by atoms with E-state index in [1.165, 1.54) is 12.0 Å². The number of benzene rings is 1. The highest BCUT2D eigenvalue weighted by Crippen LogP contribution is 2.39. The van der Waals surface area contributed by atoms with Crippen LogP contribution in [-0.4, -0.2) is 86.0 Å². The van der Waals surface area contributed by atoms with Gasteiger partial charge in [0.25, 0.3) is 0 Å². The molecule has 3 heterocycles. The van der Waals surface area contributed by atoms with Crippen LogP contribution in [0.2, 0.25) is 0 Å². The van der Waals surface area contributed by atoms with Crippen molar-refractivity contribution in [2.24, 2.45) is 10.8 Å². The lowest BCUT2D eigenvalue weighted by molar-refractivity contribution is -0.152. The predicted octanol–water partition coefficient (Wildman–Crippen LogP) is 3.80. The molecule has 1 aromatic rings. The van der Waals surface area contributed by atoms with Gasteiger partial charge in [-0.2, -0.15) is 0 Å². The monoisotopic (exact) mass is 601 g/mol. The van der Waals surface area contributed by atoms with Gasteiger partial charge in [-0.3, -0.25) is 9.69 Å². The van der Waals surface area contributed by atoms with Crippen molar-refractivity contribution in [3.63, 3.8) is 0 Å². The topological polar surface area (TPSA) is 133 Å². The molecule has 0 radical (unpaired) electrons. The van der Waals surface area contributed by atoms with E-state index in [0.717, 1.165) is 11.1 Å². The largest absolute Gasteiger partial charge is 0.493 e. The average molecular weight is 602 g/mol. The van der Waals surface area contributed by atoms with Gasteiger partial charge in [0.1, 0.15) is 24.8 Å². The molecule has 0 aliphatic carbocycles. The molecule has 1 unspecified atom stereocenters. The molecule has 0 saturated carbocycles. The minimum Gasteiger partial charge on any atom is -0.493 e. The molecule has 12 heteroatoms. The van der Waals surface area contributed by atoms with Gasteiger partial charge >= 0.3 is 18.2 Å². The lowest BCUT2D eigenvalue weighted by atomic mass is 9.85. The number of esters is 1. The quantitative estimate of drug-likeness (QED) is 0.305. The fraction of sp³-hybridized carbons (Fsp3) is 0.613. The van der Waals surface area contributed by atoms with Crippen LogP contribution in [0.1, 0.15) is 58.6 Å². The molecule has 4 bridgehead atoms. The number of hydrogen-bond donors (Lipinski definition) is 1. The first-order chi connectivity index (χ1) is 20.2. The molecule has 4 rings (SSSR count). The molecule has 3 atom stereocenters. The summed E-state index contributed by atoms with van der Waals surface area (Å²) in [6.45, 7) is 10.3. The SMILES string of the molecule is COC(=O)C1C[C@@H]2CN1C(=O)[C@H](C(C)(C)C)NC(=O)OCC(C)(C)C/C=C/COc1c(OC)ccc3c1CN(C3)C(=O)O2. The van der Waals surface area contributed by atoms with Crippen LogP contribution in [0, 0.1) is 10.8 Å². The Labute approximate surface area is 252 Å². The van der Waals surface area contributed by atoms with E-state index in [1.807, 2.05) is 58.9 Å². The first-order valence-electron chi connectivity index (χ1n) is 14.5. The average Bonchev–Trinajstić information content (AvgIpc) is 3.57. The summed E-state index contributed by atoms with van der Waals surface area (Å²) in [5.41, 5.74) is 0.629. The third-order valence-corrected chi connectivity index (χ3v) is 7.93. The smallest absolute Gasteiger partial charge is 0.410 e. The van der Waals surface area contributed by atoms with Crippen molar-refractivity contribution in [2.75, 3.05) is 34.0 Å². The van der Waals surface area contributed by atoms with Crippen molar-refractivity contribution < 1.29 is 42.9 Å². The van der Waals surface area contributed by atoms with Crippen LogP contribution in [-0.2, 0) is 36.9 Å². The standard InChI is InChI=1S/C31H43N3O9/c1-30(2,3)25-26(35)34-16-20(14-22(34)27(36)40-7)43-29(38)33-15-19-10-11-23(39-6)24(21(19)17-33)41-13-9-8-12-31(4,5)18-42-28(37)32-25/h8-11,20,22,25H,12-18H2,1-7H3,(H,32,37)/b9-8+/t20-,22?,25-/m1/s1. The van der Waals surface area contributed by atoms with Gasteiger partial charge in [-0.05, 0) is 23.5 Å². The van der Waals surface area contributed by atoms with Crippen molar-refractivity contribution in [3.05, 3.63) is 35.4 Å². The number of methoxy groups -OCH3 is 2. The van der Waals surface area contributed by atoms with E-state index < -0.39 is 53.1 Å². The molecule has 3 amide bonds. The number of amides is 3. The van der Waals surface area contributed by atoms with Crippen LogP contribution in [0.3, 0.4) is 0 Å². The van der Waals surface area contributed by atoms with Crippen molar-refractivity contribution in [1.82, 2.24) is 15.1 Å². The van der Waals surface area contributed by atoms with Gasteiger partial charge in [0.2, 0.25) is 5.91 Å². The fourth-order valence-electron chi connectivity index (χ4n) is 5.47. The van der Waals surface area contributed by atoms with Gasteiger partial charge in [0, 0.05) is 23.9 Å². The van der Waals surface area contributed by atoms with Gasteiger partial charge < -0.3 is 33.9 Å². The van der Waals surface area contributed by atoms with E-state index in [0.29, 0.717) is 24.5 Å². The van der Waals surface area contributed by atoms with Crippen molar-refractivity contribution in [1.29, 1.82) is 0 Å². The summed E-state index contributed by atoms with van der Waals surface area (Å²) in [6.07, 6.45) is 2.44. The third-order valence-electron chi connectivity index (χ3n) is 7.93. The molecule has 1 N–H and O–H groups in total. The second-order valence-corrected chi connectivity index (χ2v) is 13.0. The number of rotatable bonds is 2. The number of alkyl carbamates (subject to hydrolysis) is 1. The highest BCUT2D eigenvalue weighted by Gasteiger charge is 2.47. The Balaban J connectivity index is 1.65. The molecule has 1 fully saturated rings. The number of carbonyl (C=O) groups is 4. The number of fused-ring (bicyclic) bond motifs is 3. The summed E-state index contributed by atoms with van der Waals surface area (Å²) in [4.78, 5) is 55.8. The molecular formula is C31H43N3O9. The second-order valence-electron chi connectivity index (χ2n) is 13.0. The first-order valence-corrected chi connectivity index (χ1v) is 14.5. The Morgan fingerprint density at radius 3 is 2.49 bits per heavy atom. The van der Waals surface area contributed by atoms with E-state index in [4.69, 9.17) is 23.7 Å². The number of hydrogen-bond acceptors (Lipinski definition) is 9. The maximum atomic E-state index is 13.9. The van der Waals surface area contributed by atoms with E-state index in [9.17, 15) is 19.2 Å². The van der Waals surface area contributed by atoms with Crippen molar-refractivity contribution >= 4 is 24.1 Å². The second kappa shape index (κ2) is 12.7. The van der Waals surface area contributed by atoms with E-state index in [2.05, 4.69) is 5.32 Å². The molecule has 1 aromatic carbocycles. The Hall–Kier alpha value is -3.96. The Bertz CT molecular complexity index is 1270. The maximum Gasteiger partial charge on any atom is 0.410 e. The molecule has 236 valence electrons. The molecule has 3 aliphatic rings. The normalized spacial score (nSPS) is 25.5. The minimum atomic E-state index is -1.02. The number of nitrogens with zero attached hydrogens (tertiary/aromatic N) is 2. The van der Waals surface area contributed by atoms with Gasteiger partial charge in [-0.25, -0.2) is 14.4 Å². The third kappa shape index (κ3) is 7.34. The van der Waals surface area contributed by atoms with Crippen LogP contribution >= 0.6 is 0 Å². The molecule has 1 saturated heterocycles. The van der Waals surface area contributed by atoms with Crippen LogP contribution in [0.4, 0.5) is 9.59 Å². The summed E-state index contributed by atoms with van der Waals surface area (Å²) < 4.78 is 28.0.